The van der Waals surface area contributed by atoms with Crippen LogP contribution in [0.15, 0.2) is 31.0 Å². The van der Waals surface area contributed by atoms with Gasteiger partial charge in [0.25, 0.3) is 0 Å². The number of hydrogen-bond donors (Lipinski definition) is 0. The molecule has 0 aliphatic rings. The Kier molecular flexibility index (Phi) is 2.73. The molecular weight excluding hydrogens is 196 g/mol. The Morgan fingerprint density at radius 1 is 1.25 bits per heavy atom. The van der Waals surface area contributed by atoms with Gasteiger partial charge in [-0.3, -0.25) is 4.98 Å². The number of aromatic nitrogens is 2. The molecule has 0 aromatic carbocycles. The predicted octanol–water partition coefficient (Wildman–Crippen LogP) is 3.79. The Hall–Kier alpha value is -1.70. The molecule has 2 heterocycles. The van der Waals surface area contributed by atoms with Crippen LogP contribution in [0.3, 0.4) is 0 Å². The summed E-state index contributed by atoms with van der Waals surface area (Å²) in [4.78, 5) is 8.97. The molecule has 0 fully saturated rings. The van der Waals surface area contributed by atoms with Crippen molar-refractivity contribution >= 4 is 16.6 Å². The molecule has 0 spiro atoms. The first-order valence-corrected chi connectivity index (χ1v) is 5.51. The second-order valence-corrected chi connectivity index (χ2v) is 4.40. The average molecular weight is 212 g/mol. The number of nitrogens with zero attached hydrogens (tertiary/aromatic N) is 2. The summed E-state index contributed by atoms with van der Waals surface area (Å²) < 4.78 is 0. The van der Waals surface area contributed by atoms with Crippen LogP contribution >= 0.6 is 0 Å². The molecule has 0 saturated carbocycles. The Morgan fingerprint density at radius 3 is 2.62 bits per heavy atom. The molecule has 0 aliphatic carbocycles. The molecule has 2 heteroatoms. The Labute approximate surface area is 96.1 Å². The lowest BCUT2D eigenvalue weighted by Gasteiger charge is -2.09. The van der Waals surface area contributed by atoms with Gasteiger partial charge in [-0.15, -0.1) is 0 Å². The third kappa shape index (κ3) is 1.83. The quantitative estimate of drug-likeness (QED) is 0.757. The van der Waals surface area contributed by atoms with Crippen LogP contribution in [0.25, 0.3) is 16.6 Å². The second kappa shape index (κ2) is 4.05. The van der Waals surface area contributed by atoms with E-state index in [0.29, 0.717) is 5.92 Å². The topological polar surface area (TPSA) is 25.8 Å². The maximum absolute atomic E-state index is 4.63. The van der Waals surface area contributed by atoms with E-state index < -0.39 is 0 Å². The van der Waals surface area contributed by atoms with Crippen molar-refractivity contribution < 1.29 is 0 Å². The fourth-order valence-corrected chi connectivity index (χ4v) is 1.75. The lowest BCUT2D eigenvalue weighted by Crippen LogP contribution is -1.95. The second-order valence-electron chi connectivity index (χ2n) is 4.40. The van der Waals surface area contributed by atoms with Crippen molar-refractivity contribution in [1.29, 1.82) is 0 Å². The van der Waals surface area contributed by atoms with Crippen LogP contribution in [0.4, 0.5) is 0 Å². The highest BCUT2D eigenvalue weighted by atomic mass is 14.8. The standard InChI is InChI=1S/C14H16N2/c1-9(2)11-7-8-15-13-6-5-12(10(3)4)16-14(11)13/h5-9H,3H2,1-2,4H3. The minimum absolute atomic E-state index is 0.457. The number of fused-ring (bicyclic) bond motifs is 1. The summed E-state index contributed by atoms with van der Waals surface area (Å²) in [7, 11) is 0. The van der Waals surface area contributed by atoms with Crippen molar-refractivity contribution in [2.75, 3.05) is 0 Å². The van der Waals surface area contributed by atoms with E-state index in [1.54, 1.807) is 0 Å². The zero-order valence-electron chi connectivity index (χ0n) is 9.99. The van der Waals surface area contributed by atoms with Crippen molar-refractivity contribution in [3.8, 4) is 0 Å². The van der Waals surface area contributed by atoms with E-state index in [4.69, 9.17) is 0 Å². The summed E-state index contributed by atoms with van der Waals surface area (Å²) in [6, 6.07) is 6.03. The molecule has 0 aliphatic heterocycles. The minimum Gasteiger partial charge on any atom is -0.255 e. The first kappa shape index (κ1) is 10.8. The molecule has 0 saturated heterocycles. The predicted molar refractivity (Wildman–Crippen MR) is 68.3 cm³/mol. The van der Waals surface area contributed by atoms with Gasteiger partial charge in [0.1, 0.15) is 0 Å². The summed E-state index contributed by atoms with van der Waals surface area (Å²) in [5.41, 5.74) is 5.13. The molecule has 2 nitrogen and oxygen atoms in total. The van der Waals surface area contributed by atoms with E-state index >= 15 is 0 Å². The third-order valence-corrected chi connectivity index (χ3v) is 2.67. The number of allylic oxidation sites excluding steroid dienone is 1. The largest absolute Gasteiger partial charge is 0.255 e. The van der Waals surface area contributed by atoms with Crippen LogP contribution in [0.1, 0.15) is 37.9 Å². The van der Waals surface area contributed by atoms with Crippen LogP contribution in [0.5, 0.6) is 0 Å². The van der Waals surface area contributed by atoms with E-state index in [-0.39, 0.29) is 0 Å². The van der Waals surface area contributed by atoms with Crippen LogP contribution in [-0.4, -0.2) is 9.97 Å². The fraction of sp³-hybridized carbons (Fsp3) is 0.286. The first-order valence-electron chi connectivity index (χ1n) is 5.51. The third-order valence-electron chi connectivity index (χ3n) is 2.67. The van der Waals surface area contributed by atoms with Crippen molar-refractivity contribution in [1.82, 2.24) is 9.97 Å². The molecule has 0 N–H and O–H groups in total. The van der Waals surface area contributed by atoms with Crippen molar-refractivity contribution in [3.63, 3.8) is 0 Å². The van der Waals surface area contributed by atoms with Crippen molar-refractivity contribution in [2.24, 2.45) is 0 Å². The monoisotopic (exact) mass is 212 g/mol. The maximum Gasteiger partial charge on any atom is 0.0928 e. The normalized spacial score (nSPS) is 11.0. The number of hydrogen-bond acceptors (Lipinski definition) is 2. The van der Waals surface area contributed by atoms with E-state index in [9.17, 15) is 0 Å². The van der Waals surface area contributed by atoms with E-state index in [2.05, 4.69) is 30.4 Å². The molecule has 0 amide bonds. The molecule has 2 rings (SSSR count). The molecule has 16 heavy (non-hydrogen) atoms. The van der Waals surface area contributed by atoms with Gasteiger partial charge in [-0.25, -0.2) is 4.98 Å². The van der Waals surface area contributed by atoms with Gasteiger partial charge in [-0.05, 0) is 42.2 Å². The lowest BCUT2D eigenvalue weighted by atomic mass is 10.0. The fourth-order valence-electron chi connectivity index (χ4n) is 1.75. The zero-order valence-corrected chi connectivity index (χ0v) is 9.99. The Balaban J connectivity index is 2.73. The molecule has 0 unspecified atom stereocenters. The average Bonchev–Trinajstić information content (AvgIpc) is 2.27. The summed E-state index contributed by atoms with van der Waals surface area (Å²) in [5.74, 6) is 0.457. The van der Waals surface area contributed by atoms with Gasteiger partial charge in [0.2, 0.25) is 0 Å². The molecule has 0 radical (unpaired) electrons. The SMILES string of the molecule is C=C(C)c1ccc2nccc(C(C)C)c2n1. The maximum atomic E-state index is 4.63. The Morgan fingerprint density at radius 2 is 2.00 bits per heavy atom. The van der Waals surface area contributed by atoms with Gasteiger partial charge >= 0.3 is 0 Å². The molecule has 0 bridgehead atoms. The lowest BCUT2D eigenvalue weighted by molar-refractivity contribution is 0.870. The van der Waals surface area contributed by atoms with Gasteiger partial charge in [0, 0.05) is 6.20 Å². The van der Waals surface area contributed by atoms with Crippen LogP contribution in [-0.2, 0) is 0 Å². The highest BCUT2D eigenvalue weighted by Gasteiger charge is 2.08. The summed E-state index contributed by atoms with van der Waals surface area (Å²) in [6.45, 7) is 10.2. The van der Waals surface area contributed by atoms with Crippen molar-refractivity contribution in [2.45, 2.75) is 26.7 Å². The van der Waals surface area contributed by atoms with Gasteiger partial charge in [0.15, 0.2) is 0 Å². The van der Waals surface area contributed by atoms with E-state index in [1.165, 1.54) is 5.56 Å². The summed E-state index contributed by atoms with van der Waals surface area (Å²) in [5, 5.41) is 0. The van der Waals surface area contributed by atoms with Crippen LogP contribution in [0, 0.1) is 0 Å². The highest BCUT2D eigenvalue weighted by molar-refractivity contribution is 5.80. The van der Waals surface area contributed by atoms with Gasteiger partial charge in [-0.1, -0.05) is 20.4 Å². The smallest absolute Gasteiger partial charge is 0.0928 e. The first-order chi connectivity index (χ1) is 7.59. The summed E-state index contributed by atoms with van der Waals surface area (Å²) >= 11 is 0. The number of rotatable bonds is 2. The molecule has 2 aromatic heterocycles. The highest BCUT2D eigenvalue weighted by Crippen LogP contribution is 2.23. The number of pyridine rings is 2. The van der Waals surface area contributed by atoms with Crippen LogP contribution in [0.2, 0.25) is 0 Å². The van der Waals surface area contributed by atoms with Gasteiger partial charge < -0.3 is 0 Å². The molecule has 2 aromatic rings. The summed E-state index contributed by atoms with van der Waals surface area (Å²) in [6.07, 6.45) is 1.85. The molecule has 0 atom stereocenters. The van der Waals surface area contributed by atoms with E-state index in [1.807, 2.05) is 31.3 Å². The van der Waals surface area contributed by atoms with Crippen molar-refractivity contribution in [3.05, 3.63) is 42.2 Å². The molecule has 82 valence electrons. The van der Waals surface area contributed by atoms with Gasteiger partial charge in [0.05, 0.1) is 16.7 Å². The Bertz CT molecular complexity index is 541. The molecular formula is C14H16N2. The zero-order chi connectivity index (χ0) is 11.7. The van der Waals surface area contributed by atoms with E-state index in [0.717, 1.165) is 22.3 Å². The van der Waals surface area contributed by atoms with Gasteiger partial charge in [-0.2, -0.15) is 0 Å². The minimum atomic E-state index is 0.457. The van der Waals surface area contributed by atoms with Crippen LogP contribution < -0.4 is 0 Å².